The lowest BCUT2D eigenvalue weighted by Gasteiger charge is -2.07. The van der Waals surface area contributed by atoms with Crippen molar-refractivity contribution in [3.63, 3.8) is 0 Å². The van der Waals surface area contributed by atoms with Gasteiger partial charge >= 0.3 is 0 Å². The number of aryl methyl sites for hydroxylation is 1. The zero-order chi connectivity index (χ0) is 20.2. The second kappa shape index (κ2) is 8.07. The zero-order valence-corrected chi connectivity index (χ0v) is 16.3. The molecule has 0 saturated carbocycles. The van der Waals surface area contributed by atoms with Crippen LogP contribution in [-0.2, 0) is 11.8 Å². The quantitative estimate of drug-likeness (QED) is 0.509. The number of rotatable bonds is 6. The molecule has 4 rings (SSSR count). The van der Waals surface area contributed by atoms with Crippen LogP contribution in [0.1, 0.15) is 10.5 Å². The van der Waals surface area contributed by atoms with Crippen LogP contribution >= 0.6 is 11.3 Å². The van der Waals surface area contributed by atoms with Gasteiger partial charge in [0, 0.05) is 42.3 Å². The van der Waals surface area contributed by atoms with Gasteiger partial charge in [0.1, 0.15) is 10.7 Å². The molecule has 0 bridgehead atoms. The van der Waals surface area contributed by atoms with Crippen molar-refractivity contribution in [2.75, 3.05) is 11.9 Å². The maximum absolute atomic E-state index is 12.2. The van der Waals surface area contributed by atoms with Gasteiger partial charge in [-0.3, -0.25) is 14.3 Å². The number of nitrogens with one attached hydrogen (secondary N) is 2. The molecule has 29 heavy (non-hydrogen) atoms. The largest absolute Gasteiger partial charge is 0.342 e. The number of aromatic nitrogens is 5. The minimum Gasteiger partial charge on any atom is -0.342 e. The molecule has 4 aromatic rings. The summed E-state index contributed by atoms with van der Waals surface area (Å²) in [5, 5.41) is 15.9. The van der Waals surface area contributed by atoms with Crippen molar-refractivity contribution < 1.29 is 9.59 Å². The monoisotopic (exact) mass is 407 g/mol. The van der Waals surface area contributed by atoms with Gasteiger partial charge in [0.05, 0.1) is 18.4 Å². The van der Waals surface area contributed by atoms with E-state index in [1.54, 1.807) is 39.3 Å². The van der Waals surface area contributed by atoms with E-state index in [0.717, 1.165) is 11.3 Å². The van der Waals surface area contributed by atoms with Crippen LogP contribution in [0, 0.1) is 0 Å². The second-order valence-corrected chi connectivity index (χ2v) is 7.03. The lowest BCUT2D eigenvalue weighted by molar-refractivity contribution is -0.115. The number of amides is 2. The lowest BCUT2D eigenvalue weighted by Crippen LogP contribution is -2.33. The van der Waals surface area contributed by atoms with E-state index < -0.39 is 5.91 Å². The Morgan fingerprint density at radius 2 is 2.00 bits per heavy atom. The molecule has 10 heteroatoms. The fourth-order valence-electron chi connectivity index (χ4n) is 2.62. The van der Waals surface area contributed by atoms with Crippen molar-refractivity contribution in [2.24, 2.45) is 7.05 Å². The Bertz CT molecular complexity index is 1130. The summed E-state index contributed by atoms with van der Waals surface area (Å²) in [6, 6.07) is 9.07. The minimum atomic E-state index is -0.402. The van der Waals surface area contributed by atoms with Crippen molar-refractivity contribution in [2.45, 2.75) is 0 Å². The Hall–Kier alpha value is -3.79. The number of carbonyl (C=O) groups excluding carboxylic acids is 2. The predicted molar refractivity (Wildman–Crippen MR) is 109 cm³/mol. The first kappa shape index (κ1) is 18.6. The van der Waals surface area contributed by atoms with E-state index in [0.29, 0.717) is 10.7 Å². The molecule has 0 aliphatic rings. The van der Waals surface area contributed by atoms with Crippen LogP contribution in [0.15, 0.2) is 60.5 Å². The standard InChI is InChI=1S/C19H17N7O2S/c1-25-11-13(9-22-25)19-24-16(12-29-19)18(28)20-10-17(27)23-14-3-5-15(6-4-14)26-8-2-7-21-26/h2-9,11-12H,10H2,1H3,(H,20,28)(H,23,27). The Labute approximate surface area is 170 Å². The number of carbonyl (C=O) groups is 2. The second-order valence-electron chi connectivity index (χ2n) is 6.17. The molecule has 3 heterocycles. The first-order valence-corrected chi connectivity index (χ1v) is 9.59. The van der Waals surface area contributed by atoms with Gasteiger partial charge < -0.3 is 10.6 Å². The highest BCUT2D eigenvalue weighted by atomic mass is 32.1. The summed E-state index contributed by atoms with van der Waals surface area (Å²) in [6.07, 6.45) is 7.04. The number of nitrogens with zero attached hydrogens (tertiary/aromatic N) is 5. The van der Waals surface area contributed by atoms with Gasteiger partial charge in [-0.1, -0.05) is 0 Å². The van der Waals surface area contributed by atoms with E-state index in [-0.39, 0.29) is 18.1 Å². The Morgan fingerprint density at radius 3 is 2.69 bits per heavy atom. The third-order valence-corrected chi connectivity index (χ3v) is 4.91. The van der Waals surface area contributed by atoms with Crippen molar-refractivity contribution >= 4 is 28.8 Å². The highest BCUT2D eigenvalue weighted by Gasteiger charge is 2.14. The van der Waals surface area contributed by atoms with Crippen molar-refractivity contribution in [1.29, 1.82) is 0 Å². The molecule has 0 unspecified atom stereocenters. The summed E-state index contributed by atoms with van der Waals surface area (Å²) < 4.78 is 3.39. The number of thiazole rings is 1. The highest BCUT2D eigenvalue weighted by Crippen LogP contribution is 2.22. The molecule has 0 saturated heterocycles. The summed E-state index contributed by atoms with van der Waals surface area (Å²) in [7, 11) is 1.81. The van der Waals surface area contributed by atoms with Gasteiger partial charge in [-0.25, -0.2) is 9.67 Å². The molecule has 2 amide bonds. The molecule has 3 aromatic heterocycles. The van der Waals surface area contributed by atoms with Gasteiger partial charge in [0.2, 0.25) is 5.91 Å². The summed E-state index contributed by atoms with van der Waals surface area (Å²) in [5.74, 6) is -0.728. The third-order valence-electron chi connectivity index (χ3n) is 4.02. The Kier molecular flexibility index (Phi) is 5.16. The van der Waals surface area contributed by atoms with E-state index in [9.17, 15) is 9.59 Å². The SMILES string of the molecule is Cn1cc(-c2nc(C(=O)NCC(=O)Nc3ccc(-n4cccn4)cc3)cs2)cn1. The first-order valence-electron chi connectivity index (χ1n) is 8.71. The molecule has 0 fully saturated rings. The molecular formula is C19H17N7O2S. The highest BCUT2D eigenvalue weighted by molar-refractivity contribution is 7.13. The van der Waals surface area contributed by atoms with Crippen LogP contribution in [0.25, 0.3) is 16.3 Å². The van der Waals surface area contributed by atoms with E-state index in [2.05, 4.69) is 25.8 Å². The summed E-state index contributed by atoms with van der Waals surface area (Å²) in [5.41, 5.74) is 2.63. The number of benzene rings is 1. The van der Waals surface area contributed by atoms with Crippen LogP contribution in [0.5, 0.6) is 0 Å². The molecule has 0 radical (unpaired) electrons. The molecule has 1 aromatic carbocycles. The normalized spacial score (nSPS) is 10.7. The fourth-order valence-corrected chi connectivity index (χ4v) is 3.39. The number of anilines is 1. The van der Waals surface area contributed by atoms with E-state index in [1.165, 1.54) is 11.3 Å². The third kappa shape index (κ3) is 4.38. The smallest absolute Gasteiger partial charge is 0.271 e. The van der Waals surface area contributed by atoms with Gasteiger partial charge in [0.15, 0.2) is 0 Å². The van der Waals surface area contributed by atoms with Crippen molar-refractivity contribution in [3.05, 3.63) is 66.2 Å². The Morgan fingerprint density at radius 1 is 1.17 bits per heavy atom. The molecular weight excluding hydrogens is 390 g/mol. The van der Waals surface area contributed by atoms with E-state index >= 15 is 0 Å². The van der Waals surface area contributed by atoms with Crippen molar-refractivity contribution in [3.8, 4) is 16.3 Å². The Balaban J connectivity index is 1.30. The number of hydrogen-bond donors (Lipinski definition) is 2. The molecule has 146 valence electrons. The van der Waals surface area contributed by atoms with Crippen LogP contribution in [0.2, 0.25) is 0 Å². The van der Waals surface area contributed by atoms with Crippen LogP contribution in [0.4, 0.5) is 5.69 Å². The van der Waals surface area contributed by atoms with E-state index in [4.69, 9.17) is 0 Å². The minimum absolute atomic E-state index is 0.153. The van der Waals surface area contributed by atoms with E-state index in [1.807, 2.05) is 37.6 Å². The maximum atomic E-state index is 12.2. The molecule has 0 aliphatic carbocycles. The average molecular weight is 407 g/mol. The number of hydrogen-bond acceptors (Lipinski definition) is 6. The van der Waals surface area contributed by atoms with Crippen LogP contribution in [0.3, 0.4) is 0 Å². The van der Waals surface area contributed by atoms with Gasteiger partial charge in [-0.15, -0.1) is 11.3 Å². The zero-order valence-electron chi connectivity index (χ0n) is 15.4. The van der Waals surface area contributed by atoms with Crippen LogP contribution < -0.4 is 10.6 Å². The maximum Gasteiger partial charge on any atom is 0.271 e. The topological polar surface area (TPSA) is 107 Å². The van der Waals surface area contributed by atoms with Gasteiger partial charge in [0.25, 0.3) is 5.91 Å². The molecule has 0 atom stereocenters. The summed E-state index contributed by atoms with van der Waals surface area (Å²) in [4.78, 5) is 28.7. The summed E-state index contributed by atoms with van der Waals surface area (Å²) in [6.45, 7) is -0.153. The predicted octanol–water partition coefficient (Wildman–Crippen LogP) is 2.10. The fraction of sp³-hybridized carbons (Fsp3) is 0.105. The average Bonchev–Trinajstić information content (AvgIpc) is 3.48. The van der Waals surface area contributed by atoms with Gasteiger partial charge in [-0.05, 0) is 30.3 Å². The first-order chi connectivity index (χ1) is 14.1. The summed E-state index contributed by atoms with van der Waals surface area (Å²) >= 11 is 1.35. The molecule has 0 spiro atoms. The lowest BCUT2D eigenvalue weighted by atomic mass is 10.3. The van der Waals surface area contributed by atoms with Crippen molar-refractivity contribution in [1.82, 2.24) is 29.9 Å². The van der Waals surface area contributed by atoms with Crippen LogP contribution in [-0.4, -0.2) is 42.9 Å². The molecule has 0 aliphatic heterocycles. The molecule has 2 N–H and O–H groups in total. The van der Waals surface area contributed by atoms with Gasteiger partial charge in [-0.2, -0.15) is 10.2 Å². The molecule has 9 nitrogen and oxygen atoms in total.